The summed E-state index contributed by atoms with van der Waals surface area (Å²) in [5, 5.41) is 12.6. The molecule has 1 aliphatic carbocycles. The van der Waals surface area contributed by atoms with Crippen molar-refractivity contribution in [2.45, 2.75) is 99.2 Å². The van der Waals surface area contributed by atoms with Crippen LogP contribution in [-0.2, 0) is 20.8 Å². The van der Waals surface area contributed by atoms with Crippen molar-refractivity contribution < 1.29 is 33.3 Å². The average molecular weight is 658 g/mol. The third-order valence-corrected chi connectivity index (χ3v) is 7.63. The van der Waals surface area contributed by atoms with Gasteiger partial charge in [0.25, 0.3) is 5.91 Å². The maximum absolute atomic E-state index is 13.2. The predicted octanol–water partition coefficient (Wildman–Crippen LogP) is 6.30. The third kappa shape index (κ3) is 9.07. The van der Waals surface area contributed by atoms with Crippen LogP contribution >= 0.6 is 11.6 Å². The highest BCUT2D eigenvalue weighted by atomic mass is 35.5. The zero-order valence-corrected chi connectivity index (χ0v) is 28.9. The second-order valence-corrected chi connectivity index (χ2v) is 14.8. The number of halogens is 1. The van der Waals surface area contributed by atoms with E-state index in [0.717, 1.165) is 4.90 Å². The molecule has 1 aromatic carbocycles. The maximum Gasteiger partial charge on any atom is 0.419 e. The summed E-state index contributed by atoms with van der Waals surface area (Å²) in [6, 6.07) is 6.76. The summed E-state index contributed by atoms with van der Waals surface area (Å²) in [6.07, 6.45) is 0.907. The van der Waals surface area contributed by atoms with Gasteiger partial charge in [-0.1, -0.05) is 39.3 Å². The predicted molar refractivity (Wildman–Crippen MR) is 170 cm³/mol. The number of hydrogen-bond donors (Lipinski definition) is 1. The Bertz CT molecular complexity index is 1430. The normalized spacial score (nSPS) is 18.4. The van der Waals surface area contributed by atoms with Crippen molar-refractivity contribution in [2.24, 2.45) is 10.8 Å². The van der Waals surface area contributed by atoms with Crippen molar-refractivity contribution in [1.29, 1.82) is 5.26 Å². The molecule has 1 saturated carbocycles. The molecule has 0 bridgehead atoms. The molecule has 1 N–H and O–H groups in total. The highest BCUT2D eigenvalue weighted by Gasteiger charge is 2.64. The van der Waals surface area contributed by atoms with Crippen molar-refractivity contribution in [3.63, 3.8) is 0 Å². The number of aromatic nitrogens is 2. The van der Waals surface area contributed by atoms with Crippen molar-refractivity contribution in [2.75, 3.05) is 13.2 Å². The fraction of sp³-hybridized carbons (Fsp3) is 0.576. The minimum absolute atomic E-state index is 0.0144. The first kappa shape index (κ1) is 36.5. The number of nitrogens with one attached hydrogen (secondary N) is 1. The lowest BCUT2D eigenvalue weighted by molar-refractivity contribution is -0.164. The van der Waals surface area contributed by atoms with Gasteiger partial charge in [0.2, 0.25) is 0 Å². The third-order valence-electron chi connectivity index (χ3n) is 7.32. The fourth-order valence-electron chi connectivity index (χ4n) is 5.57. The minimum atomic E-state index is -0.841. The Hall–Kier alpha value is -3.95. The molecule has 0 atom stereocenters. The molecule has 1 heterocycles. The Balaban J connectivity index is 1.56. The molecule has 3 amide bonds. The number of benzene rings is 1. The average Bonchev–Trinajstić information content (AvgIpc) is 2.92. The van der Waals surface area contributed by atoms with Crippen molar-refractivity contribution >= 4 is 29.7 Å². The van der Waals surface area contributed by atoms with E-state index in [1.54, 1.807) is 59.7 Å². The molecule has 0 radical (unpaired) electrons. The summed E-state index contributed by atoms with van der Waals surface area (Å²) in [6.45, 7) is 18.1. The zero-order chi connectivity index (χ0) is 34.7. The van der Waals surface area contributed by atoms with Crippen LogP contribution in [0.5, 0.6) is 5.75 Å². The van der Waals surface area contributed by atoms with Gasteiger partial charge in [-0.25, -0.2) is 24.5 Å². The lowest BCUT2D eigenvalue weighted by Gasteiger charge is -2.63. The first-order chi connectivity index (χ1) is 21.2. The topological polar surface area (TPSA) is 153 Å². The van der Waals surface area contributed by atoms with Crippen LogP contribution in [0, 0.1) is 22.2 Å². The Morgan fingerprint density at radius 2 is 1.52 bits per heavy atom. The second kappa shape index (κ2) is 13.8. The molecule has 12 nitrogen and oxygen atoms in total. The fourth-order valence-corrected chi connectivity index (χ4v) is 5.78. The molecule has 3 rings (SSSR count). The van der Waals surface area contributed by atoms with Crippen LogP contribution in [0.1, 0.15) is 91.0 Å². The highest BCUT2D eigenvalue weighted by molar-refractivity contribution is 6.31. The zero-order valence-electron chi connectivity index (χ0n) is 28.2. The molecular formula is C33H44ClN5O7. The number of nitriles is 1. The number of rotatable bonds is 9. The van der Waals surface area contributed by atoms with Crippen molar-refractivity contribution in [1.82, 2.24) is 20.2 Å². The van der Waals surface area contributed by atoms with Gasteiger partial charge < -0.3 is 24.3 Å². The van der Waals surface area contributed by atoms with Crippen LogP contribution in [0.25, 0.3) is 0 Å². The molecule has 250 valence electrons. The first-order valence-corrected chi connectivity index (χ1v) is 15.3. The molecule has 1 fully saturated rings. The molecule has 0 aliphatic heterocycles. The number of imide groups is 1. The monoisotopic (exact) mass is 657 g/mol. The Morgan fingerprint density at radius 3 is 2.00 bits per heavy atom. The highest BCUT2D eigenvalue weighted by Crippen LogP contribution is 2.55. The lowest BCUT2D eigenvalue weighted by atomic mass is 9.49. The van der Waals surface area contributed by atoms with Gasteiger partial charge in [0.1, 0.15) is 35.7 Å². The van der Waals surface area contributed by atoms with Gasteiger partial charge in [0, 0.05) is 35.3 Å². The summed E-state index contributed by atoms with van der Waals surface area (Å²) in [5.74, 6) is 0.536. The van der Waals surface area contributed by atoms with Crippen LogP contribution in [0.4, 0.5) is 9.59 Å². The van der Waals surface area contributed by atoms with Gasteiger partial charge in [-0.3, -0.25) is 4.79 Å². The van der Waals surface area contributed by atoms with Crippen LogP contribution in [0.3, 0.4) is 0 Å². The molecule has 1 aromatic heterocycles. The number of carbonyl (C=O) groups is 3. The molecular weight excluding hydrogens is 614 g/mol. The molecule has 0 spiro atoms. The SMILES string of the molecule is CC(C)(C)OC(=O)N(CCOCc1ncc(C(=O)NC2C(C)(C)C(Oc3ccc(C#N)c(Cl)c3)C2(C)C)cn1)C(=O)OC(C)(C)C. The van der Waals surface area contributed by atoms with Gasteiger partial charge in [0.05, 0.1) is 29.3 Å². The second-order valence-electron chi connectivity index (χ2n) is 14.4. The number of carbonyl (C=O) groups excluding carboxylic acids is 3. The largest absolute Gasteiger partial charge is 0.489 e. The van der Waals surface area contributed by atoms with Gasteiger partial charge in [-0.2, -0.15) is 5.26 Å². The quantitative estimate of drug-likeness (QED) is 0.304. The van der Waals surface area contributed by atoms with E-state index >= 15 is 0 Å². The standard InChI is InChI=1S/C33H44ClN5O7/c1-30(2,3)45-28(41)39(29(42)46-31(4,5)6)13-14-43-19-24-36-17-21(18-37-24)25(40)38-26-32(7,8)27(33(26,9)10)44-22-12-11-20(16-35)23(34)15-22/h11-12,15,17-18,26-27H,13-14,19H2,1-10H3,(H,38,40). The van der Waals surface area contributed by atoms with E-state index in [9.17, 15) is 14.4 Å². The van der Waals surface area contributed by atoms with E-state index in [-0.39, 0.29) is 43.4 Å². The summed E-state index contributed by atoms with van der Waals surface area (Å²) < 4.78 is 22.6. The molecule has 13 heteroatoms. The number of amides is 3. The van der Waals surface area contributed by atoms with Crippen LogP contribution in [0.15, 0.2) is 30.6 Å². The molecule has 2 aromatic rings. The smallest absolute Gasteiger partial charge is 0.419 e. The van der Waals surface area contributed by atoms with E-state index in [0.29, 0.717) is 22.2 Å². The molecule has 46 heavy (non-hydrogen) atoms. The maximum atomic E-state index is 13.2. The van der Waals surface area contributed by atoms with Crippen molar-refractivity contribution in [3.8, 4) is 11.8 Å². The molecule has 1 aliphatic rings. The first-order valence-electron chi connectivity index (χ1n) is 14.9. The summed E-state index contributed by atoms with van der Waals surface area (Å²) >= 11 is 6.19. The van der Waals surface area contributed by atoms with E-state index in [2.05, 4.69) is 15.3 Å². The summed E-state index contributed by atoms with van der Waals surface area (Å²) in [5.41, 5.74) is -1.82. The van der Waals surface area contributed by atoms with Gasteiger partial charge in [0.15, 0.2) is 5.82 Å². The van der Waals surface area contributed by atoms with Crippen molar-refractivity contribution in [3.05, 3.63) is 52.6 Å². The van der Waals surface area contributed by atoms with Crippen LogP contribution < -0.4 is 10.1 Å². The Morgan fingerprint density at radius 1 is 0.978 bits per heavy atom. The molecule has 0 unspecified atom stereocenters. The lowest BCUT2D eigenvalue weighted by Crippen LogP contribution is -2.74. The van der Waals surface area contributed by atoms with E-state index in [4.69, 9.17) is 35.8 Å². The van der Waals surface area contributed by atoms with Gasteiger partial charge in [-0.05, 0) is 53.7 Å². The Labute approximate surface area is 275 Å². The van der Waals surface area contributed by atoms with Crippen LogP contribution in [-0.4, -0.2) is 69.5 Å². The van der Waals surface area contributed by atoms with E-state index in [1.807, 2.05) is 33.8 Å². The number of ether oxygens (including phenoxy) is 4. The van der Waals surface area contributed by atoms with Crippen LogP contribution in [0.2, 0.25) is 5.02 Å². The van der Waals surface area contributed by atoms with E-state index in [1.165, 1.54) is 12.4 Å². The number of nitrogens with zero attached hydrogens (tertiary/aromatic N) is 4. The van der Waals surface area contributed by atoms with Gasteiger partial charge in [-0.15, -0.1) is 0 Å². The summed E-state index contributed by atoms with van der Waals surface area (Å²) in [7, 11) is 0. The minimum Gasteiger partial charge on any atom is -0.489 e. The van der Waals surface area contributed by atoms with Gasteiger partial charge >= 0.3 is 12.2 Å². The number of hydrogen-bond acceptors (Lipinski definition) is 10. The Kier molecular flexibility index (Phi) is 11.0. The van der Waals surface area contributed by atoms with E-state index < -0.39 is 34.2 Å². The molecule has 0 saturated heterocycles. The summed E-state index contributed by atoms with van der Waals surface area (Å²) in [4.78, 5) is 47.8.